The zero-order chi connectivity index (χ0) is 22.6. The van der Waals surface area contributed by atoms with E-state index in [1.807, 2.05) is 20.8 Å². The number of nitrogens with one attached hydrogen (secondary N) is 2. The SMILES string of the molecule is CC(C)(C)C(N)C(=O)N1CC2C([C@H]1C(=O)N[C@@H](C[C@@H]1CCNC1=O)C(N)=O)C2(C)C. The molecule has 30 heavy (non-hydrogen) atoms. The lowest BCUT2D eigenvalue weighted by molar-refractivity contribution is -0.143. The summed E-state index contributed by atoms with van der Waals surface area (Å²) in [4.78, 5) is 51.8. The van der Waals surface area contributed by atoms with Crippen LogP contribution in [0.4, 0.5) is 0 Å². The van der Waals surface area contributed by atoms with E-state index >= 15 is 0 Å². The van der Waals surface area contributed by atoms with Gasteiger partial charge in [0.15, 0.2) is 0 Å². The Balaban J connectivity index is 1.77. The van der Waals surface area contributed by atoms with Gasteiger partial charge in [0, 0.05) is 19.0 Å². The van der Waals surface area contributed by atoms with Crippen molar-refractivity contribution in [3.05, 3.63) is 0 Å². The van der Waals surface area contributed by atoms with E-state index in [1.54, 1.807) is 4.90 Å². The highest BCUT2D eigenvalue weighted by molar-refractivity contribution is 5.94. The van der Waals surface area contributed by atoms with Crippen LogP contribution in [0.15, 0.2) is 0 Å². The van der Waals surface area contributed by atoms with E-state index in [9.17, 15) is 19.2 Å². The summed E-state index contributed by atoms with van der Waals surface area (Å²) in [6.07, 6.45) is 0.761. The van der Waals surface area contributed by atoms with Crippen molar-refractivity contribution in [2.75, 3.05) is 13.1 Å². The van der Waals surface area contributed by atoms with Gasteiger partial charge < -0.3 is 27.0 Å². The number of carbonyl (C=O) groups is 4. The third kappa shape index (κ3) is 3.91. The Kier molecular flexibility index (Phi) is 5.64. The first kappa shape index (κ1) is 22.5. The lowest BCUT2D eigenvalue weighted by Gasteiger charge is -2.36. The predicted molar refractivity (Wildman–Crippen MR) is 111 cm³/mol. The van der Waals surface area contributed by atoms with Crippen LogP contribution in [0.2, 0.25) is 0 Å². The van der Waals surface area contributed by atoms with Crippen LogP contribution in [0.3, 0.4) is 0 Å². The van der Waals surface area contributed by atoms with Crippen LogP contribution in [0.1, 0.15) is 47.5 Å². The van der Waals surface area contributed by atoms with Gasteiger partial charge in [0.25, 0.3) is 0 Å². The van der Waals surface area contributed by atoms with E-state index in [0.29, 0.717) is 19.5 Å². The van der Waals surface area contributed by atoms with Crippen LogP contribution >= 0.6 is 0 Å². The van der Waals surface area contributed by atoms with E-state index in [2.05, 4.69) is 24.5 Å². The second-order valence-corrected chi connectivity index (χ2v) is 10.7. The first-order chi connectivity index (χ1) is 13.8. The van der Waals surface area contributed by atoms with Crippen molar-refractivity contribution in [1.29, 1.82) is 0 Å². The Labute approximate surface area is 177 Å². The van der Waals surface area contributed by atoms with Crippen LogP contribution < -0.4 is 22.1 Å². The van der Waals surface area contributed by atoms with Crippen LogP contribution in [0.5, 0.6) is 0 Å². The molecule has 0 aromatic carbocycles. The monoisotopic (exact) mass is 421 g/mol. The number of hydrogen-bond acceptors (Lipinski definition) is 5. The first-order valence-electron chi connectivity index (χ1n) is 10.7. The average molecular weight is 422 g/mol. The lowest BCUT2D eigenvalue weighted by atomic mass is 9.86. The minimum absolute atomic E-state index is 0.0110. The molecule has 168 valence electrons. The summed E-state index contributed by atoms with van der Waals surface area (Å²) in [6, 6.07) is -2.38. The van der Waals surface area contributed by atoms with Crippen LogP contribution in [-0.4, -0.2) is 59.7 Å². The maximum absolute atomic E-state index is 13.3. The predicted octanol–water partition coefficient (Wildman–Crippen LogP) is -0.661. The van der Waals surface area contributed by atoms with Crippen LogP contribution in [0, 0.1) is 28.6 Å². The third-order valence-electron chi connectivity index (χ3n) is 7.30. The highest BCUT2D eigenvalue weighted by Crippen LogP contribution is 2.65. The standard InChI is InChI=1S/C21H35N5O4/c1-20(2,3)15(22)19(30)26-9-11-13(21(11,4)5)14(26)18(29)25-12(16(23)27)8-10-6-7-24-17(10)28/h10-15H,6-9,22H2,1-5H3,(H2,23,27)(H,24,28)(H,25,29)/t10-,11?,12-,13?,14-,15?/m0/s1. The topological polar surface area (TPSA) is 148 Å². The molecule has 3 fully saturated rings. The van der Waals surface area contributed by atoms with E-state index < -0.39 is 35.4 Å². The minimum Gasteiger partial charge on any atom is -0.368 e. The van der Waals surface area contributed by atoms with Gasteiger partial charge in [-0.05, 0) is 35.5 Å². The summed E-state index contributed by atoms with van der Waals surface area (Å²) < 4.78 is 0. The largest absolute Gasteiger partial charge is 0.368 e. The van der Waals surface area contributed by atoms with Gasteiger partial charge >= 0.3 is 0 Å². The van der Waals surface area contributed by atoms with Crippen molar-refractivity contribution < 1.29 is 19.2 Å². The Bertz CT molecular complexity index is 759. The number of likely N-dealkylation sites (tertiary alicyclic amines) is 1. The molecule has 0 spiro atoms. The molecule has 6 N–H and O–H groups in total. The minimum atomic E-state index is -0.958. The van der Waals surface area contributed by atoms with Gasteiger partial charge in [-0.2, -0.15) is 0 Å². The summed E-state index contributed by atoms with van der Waals surface area (Å²) >= 11 is 0. The molecule has 9 nitrogen and oxygen atoms in total. The number of amides is 4. The number of primary amides is 1. The number of carbonyl (C=O) groups excluding carboxylic acids is 4. The molecule has 6 atom stereocenters. The molecule has 1 saturated carbocycles. The zero-order valence-corrected chi connectivity index (χ0v) is 18.5. The normalized spacial score (nSPS) is 31.5. The van der Waals surface area contributed by atoms with Gasteiger partial charge in [-0.15, -0.1) is 0 Å². The van der Waals surface area contributed by atoms with Gasteiger partial charge in [0.1, 0.15) is 12.1 Å². The first-order valence-corrected chi connectivity index (χ1v) is 10.7. The highest BCUT2D eigenvalue weighted by atomic mass is 16.2. The summed E-state index contributed by atoms with van der Waals surface area (Å²) in [7, 11) is 0. The van der Waals surface area contributed by atoms with E-state index in [1.165, 1.54) is 0 Å². The molecule has 4 amide bonds. The molecule has 0 aromatic rings. The number of nitrogens with zero attached hydrogens (tertiary/aromatic N) is 1. The summed E-state index contributed by atoms with van der Waals surface area (Å²) in [5.41, 5.74) is 11.2. The second kappa shape index (κ2) is 7.51. The molecular weight excluding hydrogens is 386 g/mol. The molecule has 0 aromatic heterocycles. The van der Waals surface area contributed by atoms with Gasteiger partial charge in [-0.25, -0.2) is 0 Å². The average Bonchev–Trinajstić information content (AvgIpc) is 3.01. The fraction of sp³-hybridized carbons (Fsp3) is 0.810. The molecule has 2 saturated heterocycles. The molecule has 3 rings (SSSR count). The molecule has 9 heteroatoms. The van der Waals surface area contributed by atoms with Crippen molar-refractivity contribution in [3.8, 4) is 0 Å². The van der Waals surface area contributed by atoms with Crippen molar-refractivity contribution in [1.82, 2.24) is 15.5 Å². The van der Waals surface area contributed by atoms with Gasteiger partial charge in [-0.1, -0.05) is 34.6 Å². The van der Waals surface area contributed by atoms with Gasteiger partial charge in [0.2, 0.25) is 23.6 Å². The van der Waals surface area contributed by atoms with E-state index in [4.69, 9.17) is 11.5 Å². The van der Waals surface area contributed by atoms with Gasteiger partial charge in [-0.3, -0.25) is 19.2 Å². The molecule has 3 aliphatic rings. The maximum Gasteiger partial charge on any atom is 0.243 e. The molecule has 1 aliphatic carbocycles. The molecule has 0 radical (unpaired) electrons. The molecule has 0 bridgehead atoms. The smallest absolute Gasteiger partial charge is 0.243 e. The maximum atomic E-state index is 13.3. The number of rotatable bonds is 6. The summed E-state index contributed by atoms with van der Waals surface area (Å²) in [5.74, 6) is -1.59. The molecule has 2 heterocycles. The van der Waals surface area contributed by atoms with Crippen molar-refractivity contribution in [2.45, 2.75) is 65.6 Å². The van der Waals surface area contributed by atoms with Crippen molar-refractivity contribution in [2.24, 2.45) is 40.1 Å². The van der Waals surface area contributed by atoms with Crippen molar-refractivity contribution in [3.63, 3.8) is 0 Å². The fourth-order valence-electron chi connectivity index (χ4n) is 5.02. The van der Waals surface area contributed by atoms with E-state index in [-0.39, 0.29) is 41.4 Å². The molecule has 2 aliphatic heterocycles. The van der Waals surface area contributed by atoms with Gasteiger partial charge in [0.05, 0.1) is 6.04 Å². The number of fused-ring (bicyclic) bond motifs is 1. The van der Waals surface area contributed by atoms with E-state index in [0.717, 1.165) is 0 Å². The Morgan fingerprint density at radius 1 is 1.30 bits per heavy atom. The van der Waals surface area contributed by atoms with Crippen LogP contribution in [-0.2, 0) is 19.2 Å². The highest BCUT2D eigenvalue weighted by Gasteiger charge is 2.69. The third-order valence-corrected chi connectivity index (χ3v) is 7.30. The molecule has 3 unspecified atom stereocenters. The zero-order valence-electron chi connectivity index (χ0n) is 18.5. The van der Waals surface area contributed by atoms with Crippen LogP contribution in [0.25, 0.3) is 0 Å². The number of hydrogen-bond donors (Lipinski definition) is 4. The Hall–Kier alpha value is -2.16. The Morgan fingerprint density at radius 3 is 2.43 bits per heavy atom. The number of nitrogens with two attached hydrogens (primary N) is 2. The molecular formula is C21H35N5O4. The number of piperidine rings is 1. The lowest BCUT2D eigenvalue weighted by Crippen LogP contribution is -2.59. The summed E-state index contributed by atoms with van der Waals surface area (Å²) in [6.45, 7) is 10.9. The van der Waals surface area contributed by atoms with Crippen molar-refractivity contribution >= 4 is 23.6 Å². The Morgan fingerprint density at radius 2 is 1.93 bits per heavy atom. The quantitative estimate of drug-likeness (QED) is 0.449. The fourth-order valence-corrected chi connectivity index (χ4v) is 5.02. The second-order valence-electron chi connectivity index (χ2n) is 10.7. The summed E-state index contributed by atoms with van der Waals surface area (Å²) in [5, 5.41) is 5.46.